The first kappa shape index (κ1) is 16.3. The molecule has 122 valence electrons. The minimum absolute atomic E-state index is 0.0301. The molecule has 3 heteroatoms. The summed E-state index contributed by atoms with van der Waals surface area (Å²) in [6.07, 6.45) is 1.34. The van der Waals surface area contributed by atoms with Crippen LogP contribution in [0.25, 0.3) is 0 Å². The number of aliphatic hydroxyl groups excluding tert-OH is 1. The standard InChI is InChI=1S/C21H20O3/c1-21(2)12-11-19(22)17-10-7-15(13-18(17)21)4-3-14-5-8-16(9-6-14)20(23)24/h5-10,13,19,22H,11-12H2,1-2H3,(H,23,24)/p-1. The predicted molar refractivity (Wildman–Crippen MR) is 90.4 cm³/mol. The SMILES string of the molecule is CC1(C)CCC(O)c2ccc(C#Cc3ccc(C(=O)[O-])cc3)cc21. The van der Waals surface area contributed by atoms with Gasteiger partial charge in [0.25, 0.3) is 0 Å². The molecule has 1 unspecified atom stereocenters. The summed E-state index contributed by atoms with van der Waals surface area (Å²) in [7, 11) is 0. The lowest BCUT2D eigenvalue weighted by Crippen LogP contribution is -2.26. The predicted octanol–water partition coefficient (Wildman–Crippen LogP) is 2.55. The van der Waals surface area contributed by atoms with Gasteiger partial charge in [-0.25, -0.2) is 0 Å². The molecular formula is C21H19O3-. The molecule has 0 radical (unpaired) electrons. The van der Waals surface area contributed by atoms with E-state index in [1.54, 1.807) is 12.1 Å². The van der Waals surface area contributed by atoms with Gasteiger partial charge in [-0.15, -0.1) is 0 Å². The van der Waals surface area contributed by atoms with E-state index in [9.17, 15) is 15.0 Å². The van der Waals surface area contributed by atoms with Crippen LogP contribution in [-0.4, -0.2) is 11.1 Å². The second-order valence-electron chi connectivity index (χ2n) is 6.86. The summed E-state index contributed by atoms with van der Waals surface area (Å²) in [5, 5.41) is 20.9. The van der Waals surface area contributed by atoms with Gasteiger partial charge >= 0.3 is 0 Å². The summed E-state index contributed by atoms with van der Waals surface area (Å²) in [5.41, 5.74) is 3.96. The van der Waals surface area contributed by atoms with Crippen LogP contribution in [0.3, 0.4) is 0 Å². The third-order valence-corrected chi connectivity index (χ3v) is 4.66. The van der Waals surface area contributed by atoms with E-state index in [0.29, 0.717) is 0 Å². The molecule has 0 amide bonds. The fourth-order valence-electron chi connectivity index (χ4n) is 3.13. The highest BCUT2D eigenvalue weighted by Crippen LogP contribution is 2.41. The smallest absolute Gasteiger partial charge is 0.0793 e. The molecule has 0 bridgehead atoms. The number of carboxylic acids is 1. The monoisotopic (exact) mass is 319 g/mol. The number of carbonyl (C=O) groups is 1. The van der Waals surface area contributed by atoms with E-state index in [1.807, 2.05) is 12.1 Å². The molecule has 24 heavy (non-hydrogen) atoms. The Bertz CT molecular complexity index is 836. The van der Waals surface area contributed by atoms with Crippen LogP contribution >= 0.6 is 0 Å². The molecule has 3 rings (SSSR count). The van der Waals surface area contributed by atoms with Crippen LogP contribution in [0.1, 0.15) is 65.4 Å². The summed E-state index contributed by atoms with van der Waals surface area (Å²) in [4.78, 5) is 10.7. The zero-order valence-corrected chi connectivity index (χ0v) is 13.8. The first-order valence-electron chi connectivity index (χ1n) is 8.03. The molecule has 0 saturated carbocycles. The third kappa shape index (κ3) is 3.20. The average molecular weight is 319 g/mol. The van der Waals surface area contributed by atoms with Gasteiger partial charge in [-0.1, -0.05) is 43.9 Å². The molecule has 0 fully saturated rings. The van der Waals surface area contributed by atoms with Crippen LogP contribution in [0, 0.1) is 11.8 Å². The Labute approximate surface area is 142 Å². The van der Waals surface area contributed by atoms with E-state index < -0.39 is 12.1 Å². The molecule has 0 spiro atoms. The second kappa shape index (κ2) is 6.14. The minimum Gasteiger partial charge on any atom is -0.545 e. The average Bonchev–Trinajstić information content (AvgIpc) is 2.57. The number of benzene rings is 2. The van der Waals surface area contributed by atoms with Gasteiger partial charge in [-0.2, -0.15) is 0 Å². The van der Waals surface area contributed by atoms with E-state index in [2.05, 4.69) is 31.8 Å². The number of hydrogen-bond donors (Lipinski definition) is 1. The molecular weight excluding hydrogens is 300 g/mol. The van der Waals surface area contributed by atoms with E-state index >= 15 is 0 Å². The van der Waals surface area contributed by atoms with Gasteiger partial charge in [0.05, 0.1) is 12.1 Å². The minimum atomic E-state index is -1.19. The van der Waals surface area contributed by atoms with Crippen LogP contribution in [-0.2, 0) is 5.41 Å². The molecule has 3 nitrogen and oxygen atoms in total. The van der Waals surface area contributed by atoms with Crippen LogP contribution in [0.15, 0.2) is 42.5 Å². The lowest BCUT2D eigenvalue weighted by molar-refractivity contribution is -0.255. The molecule has 1 aliphatic rings. The Balaban J connectivity index is 1.91. The fourth-order valence-corrected chi connectivity index (χ4v) is 3.13. The summed E-state index contributed by atoms with van der Waals surface area (Å²) < 4.78 is 0. The van der Waals surface area contributed by atoms with E-state index in [0.717, 1.165) is 35.1 Å². The van der Waals surface area contributed by atoms with Crippen molar-refractivity contribution in [3.63, 3.8) is 0 Å². The molecule has 0 heterocycles. The van der Waals surface area contributed by atoms with Crippen LogP contribution < -0.4 is 5.11 Å². The van der Waals surface area contributed by atoms with Crippen molar-refractivity contribution in [2.24, 2.45) is 0 Å². The Morgan fingerprint density at radius 3 is 2.42 bits per heavy atom. The van der Waals surface area contributed by atoms with Crippen LogP contribution in [0.4, 0.5) is 0 Å². The molecule has 2 aromatic rings. The van der Waals surface area contributed by atoms with Gasteiger partial charge in [0.1, 0.15) is 0 Å². The van der Waals surface area contributed by atoms with Crippen molar-refractivity contribution >= 4 is 5.97 Å². The molecule has 0 saturated heterocycles. The van der Waals surface area contributed by atoms with Crippen molar-refractivity contribution < 1.29 is 15.0 Å². The maximum absolute atomic E-state index is 10.7. The number of hydrogen-bond acceptors (Lipinski definition) is 3. The number of carbonyl (C=O) groups excluding carboxylic acids is 1. The quantitative estimate of drug-likeness (QED) is 0.822. The van der Waals surface area contributed by atoms with E-state index in [4.69, 9.17) is 0 Å². The van der Waals surface area contributed by atoms with Crippen molar-refractivity contribution in [1.29, 1.82) is 0 Å². The summed E-state index contributed by atoms with van der Waals surface area (Å²) in [6.45, 7) is 4.38. The Kier molecular flexibility index (Phi) is 4.17. The van der Waals surface area contributed by atoms with Gasteiger partial charge in [-0.3, -0.25) is 0 Å². The normalized spacial score (nSPS) is 18.2. The zero-order valence-electron chi connectivity index (χ0n) is 13.8. The summed E-state index contributed by atoms with van der Waals surface area (Å²) in [6, 6.07) is 12.3. The highest BCUT2D eigenvalue weighted by molar-refractivity contribution is 5.85. The molecule has 0 aromatic heterocycles. The number of carboxylic acid groups (broad SMARTS) is 1. The lowest BCUT2D eigenvalue weighted by Gasteiger charge is -2.35. The zero-order chi connectivity index (χ0) is 17.3. The maximum atomic E-state index is 10.7. The van der Waals surface area contributed by atoms with E-state index in [1.165, 1.54) is 12.1 Å². The maximum Gasteiger partial charge on any atom is 0.0793 e. The van der Waals surface area contributed by atoms with Gasteiger partial charge < -0.3 is 15.0 Å². The van der Waals surface area contributed by atoms with Gasteiger partial charge in [-0.05, 0) is 59.2 Å². The van der Waals surface area contributed by atoms with Crippen molar-refractivity contribution in [3.05, 3.63) is 70.3 Å². The highest BCUT2D eigenvalue weighted by atomic mass is 16.4. The van der Waals surface area contributed by atoms with Crippen LogP contribution in [0.2, 0.25) is 0 Å². The van der Waals surface area contributed by atoms with Crippen LogP contribution in [0.5, 0.6) is 0 Å². The Morgan fingerprint density at radius 1 is 1.12 bits per heavy atom. The summed E-state index contributed by atoms with van der Waals surface area (Å²) in [5.74, 6) is 4.97. The molecule has 0 aliphatic heterocycles. The Morgan fingerprint density at radius 2 is 1.75 bits per heavy atom. The lowest BCUT2D eigenvalue weighted by atomic mass is 9.71. The first-order chi connectivity index (χ1) is 11.4. The van der Waals surface area contributed by atoms with Gasteiger partial charge in [0.15, 0.2) is 0 Å². The van der Waals surface area contributed by atoms with Gasteiger partial charge in [0.2, 0.25) is 0 Å². The molecule has 1 aliphatic carbocycles. The fraction of sp³-hybridized carbons (Fsp3) is 0.286. The first-order valence-corrected chi connectivity index (χ1v) is 8.03. The largest absolute Gasteiger partial charge is 0.545 e. The number of aromatic carboxylic acids is 1. The summed E-state index contributed by atoms with van der Waals surface area (Å²) >= 11 is 0. The van der Waals surface area contributed by atoms with Crippen molar-refractivity contribution in [1.82, 2.24) is 0 Å². The Hall–Kier alpha value is -2.57. The second-order valence-corrected chi connectivity index (χ2v) is 6.86. The molecule has 1 N–H and O–H groups in total. The van der Waals surface area contributed by atoms with Crippen molar-refractivity contribution in [2.75, 3.05) is 0 Å². The van der Waals surface area contributed by atoms with E-state index in [-0.39, 0.29) is 11.0 Å². The number of aliphatic hydroxyl groups is 1. The molecule has 2 aromatic carbocycles. The highest BCUT2D eigenvalue weighted by Gasteiger charge is 2.31. The number of rotatable bonds is 1. The third-order valence-electron chi connectivity index (χ3n) is 4.66. The van der Waals surface area contributed by atoms with Gasteiger partial charge in [0, 0.05) is 11.1 Å². The topological polar surface area (TPSA) is 60.4 Å². The van der Waals surface area contributed by atoms with Crippen molar-refractivity contribution in [2.45, 2.75) is 38.2 Å². The molecule has 1 atom stereocenters. The number of fused-ring (bicyclic) bond motifs is 1. The van der Waals surface area contributed by atoms with Crippen molar-refractivity contribution in [3.8, 4) is 11.8 Å².